The quantitative estimate of drug-likeness (QED) is 0.808. The molecule has 1 unspecified atom stereocenters. The van der Waals surface area contributed by atoms with Gasteiger partial charge in [0, 0.05) is 10.4 Å². The molecule has 0 radical (unpaired) electrons. The summed E-state index contributed by atoms with van der Waals surface area (Å²) in [4.78, 5) is 0. The van der Waals surface area contributed by atoms with Crippen LogP contribution in [-0.2, 0) is 11.8 Å². The molecule has 0 saturated heterocycles. The van der Waals surface area contributed by atoms with Crippen LogP contribution in [0.2, 0.25) is 5.02 Å². The molecule has 0 amide bonds. The molecule has 1 atom stereocenters. The fourth-order valence-electron chi connectivity index (χ4n) is 4.15. The van der Waals surface area contributed by atoms with Gasteiger partial charge in [0.05, 0.1) is 0 Å². The van der Waals surface area contributed by atoms with Gasteiger partial charge in [0.1, 0.15) is 0 Å². The van der Waals surface area contributed by atoms with Crippen LogP contribution in [0.3, 0.4) is 0 Å². The van der Waals surface area contributed by atoms with Gasteiger partial charge in [-0.3, -0.25) is 0 Å². The lowest BCUT2D eigenvalue weighted by atomic mass is 9.62. The summed E-state index contributed by atoms with van der Waals surface area (Å²) < 4.78 is 0. The van der Waals surface area contributed by atoms with E-state index in [1.165, 1.54) is 43.2 Å². The predicted octanol–water partition coefficient (Wildman–Crippen LogP) is 3.67. The Kier molecular flexibility index (Phi) is 2.92. The van der Waals surface area contributed by atoms with Gasteiger partial charge in [0.25, 0.3) is 0 Å². The van der Waals surface area contributed by atoms with Gasteiger partial charge in [-0.05, 0) is 55.3 Å². The second-order valence-electron chi connectivity index (χ2n) is 5.61. The zero-order chi connectivity index (χ0) is 11.9. The van der Waals surface area contributed by atoms with Crippen LogP contribution in [0.25, 0.3) is 0 Å². The molecular weight excluding hydrogens is 230 g/mol. The molecule has 1 aromatic carbocycles. The average molecular weight is 250 g/mol. The minimum absolute atomic E-state index is 0.306. The number of rotatable bonds is 1. The van der Waals surface area contributed by atoms with Crippen molar-refractivity contribution in [1.82, 2.24) is 0 Å². The molecule has 3 rings (SSSR count). The standard InChI is InChI=1S/C15H20ClN/c16-13-5-3-4-11-6-7-12(10-17)15(14(11)13)8-1-2-9-15/h3-5,12H,1-2,6-10,17H2. The molecule has 1 saturated carbocycles. The highest BCUT2D eigenvalue weighted by molar-refractivity contribution is 6.31. The number of benzene rings is 1. The highest BCUT2D eigenvalue weighted by atomic mass is 35.5. The fraction of sp³-hybridized carbons (Fsp3) is 0.600. The van der Waals surface area contributed by atoms with Gasteiger partial charge < -0.3 is 5.73 Å². The summed E-state index contributed by atoms with van der Waals surface area (Å²) >= 11 is 6.49. The van der Waals surface area contributed by atoms with E-state index < -0.39 is 0 Å². The van der Waals surface area contributed by atoms with Crippen molar-refractivity contribution in [2.24, 2.45) is 11.7 Å². The van der Waals surface area contributed by atoms with E-state index in [1.54, 1.807) is 0 Å². The van der Waals surface area contributed by atoms with Gasteiger partial charge >= 0.3 is 0 Å². The Morgan fingerprint density at radius 1 is 1.29 bits per heavy atom. The van der Waals surface area contributed by atoms with E-state index in [2.05, 4.69) is 18.2 Å². The van der Waals surface area contributed by atoms with Crippen LogP contribution >= 0.6 is 11.6 Å². The first kappa shape index (κ1) is 11.6. The Labute approximate surface area is 108 Å². The van der Waals surface area contributed by atoms with E-state index in [9.17, 15) is 0 Å². The Morgan fingerprint density at radius 3 is 2.76 bits per heavy atom. The first-order valence-corrected chi connectivity index (χ1v) is 7.14. The van der Waals surface area contributed by atoms with Gasteiger partial charge in [0.2, 0.25) is 0 Å². The van der Waals surface area contributed by atoms with Crippen LogP contribution in [0.15, 0.2) is 18.2 Å². The van der Waals surface area contributed by atoms with Gasteiger partial charge in [-0.1, -0.05) is 36.6 Å². The lowest BCUT2D eigenvalue weighted by Crippen LogP contribution is -2.41. The molecule has 92 valence electrons. The van der Waals surface area contributed by atoms with Crippen molar-refractivity contribution in [3.63, 3.8) is 0 Å². The number of hydrogen-bond acceptors (Lipinski definition) is 1. The van der Waals surface area contributed by atoms with Crippen molar-refractivity contribution in [3.05, 3.63) is 34.3 Å². The third-order valence-electron chi connectivity index (χ3n) is 4.92. The number of hydrogen-bond donors (Lipinski definition) is 1. The molecule has 2 heteroatoms. The molecule has 0 bridgehead atoms. The van der Waals surface area contributed by atoms with E-state index in [4.69, 9.17) is 17.3 Å². The smallest absolute Gasteiger partial charge is 0.0446 e. The summed E-state index contributed by atoms with van der Waals surface area (Å²) in [5.74, 6) is 0.636. The molecule has 2 aliphatic carbocycles. The zero-order valence-electron chi connectivity index (χ0n) is 10.2. The molecule has 1 fully saturated rings. The van der Waals surface area contributed by atoms with Crippen molar-refractivity contribution in [1.29, 1.82) is 0 Å². The maximum absolute atomic E-state index is 6.49. The highest BCUT2D eigenvalue weighted by Crippen LogP contribution is 2.53. The number of halogens is 1. The molecule has 1 nitrogen and oxygen atoms in total. The number of aryl methyl sites for hydroxylation is 1. The first-order chi connectivity index (χ1) is 8.28. The van der Waals surface area contributed by atoms with Crippen LogP contribution in [0.5, 0.6) is 0 Å². The number of nitrogens with two attached hydrogens (primary N) is 1. The van der Waals surface area contributed by atoms with Crippen LogP contribution in [0.1, 0.15) is 43.2 Å². The van der Waals surface area contributed by atoms with E-state index in [1.807, 2.05) is 0 Å². The Balaban J connectivity index is 2.16. The zero-order valence-corrected chi connectivity index (χ0v) is 11.0. The van der Waals surface area contributed by atoms with Crippen molar-refractivity contribution in [3.8, 4) is 0 Å². The third-order valence-corrected chi connectivity index (χ3v) is 5.24. The summed E-state index contributed by atoms with van der Waals surface area (Å²) in [6.07, 6.45) is 7.63. The summed E-state index contributed by atoms with van der Waals surface area (Å²) in [7, 11) is 0. The van der Waals surface area contributed by atoms with Gasteiger partial charge in [-0.15, -0.1) is 0 Å². The molecule has 0 aliphatic heterocycles. The van der Waals surface area contributed by atoms with E-state index in [0.29, 0.717) is 11.3 Å². The molecular formula is C15H20ClN. The van der Waals surface area contributed by atoms with Gasteiger partial charge in [-0.25, -0.2) is 0 Å². The minimum atomic E-state index is 0.306. The normalized spacial score (nSPS) is 26.1. The van der Waals surface area contributed by atoms with Crippen molar-refractivity contribution < 1.29 is 0 Å². The van der Waals surface area contributed by atoms with Gasteiger partial charge in [-0.2, -0.15) is 0 Å². The van der Waals surface area contributed by atoms with Crippen LogP contribution in [0, 0.1) is 5.92 Å². The summed E-state index contributed by atoms with van der Waals surface area (Å²) in [5, 5.41) is 0.975. The van der Waals surface area contributed by atoms with E-state index in [0.717, 1.165) is 18.0 Å². The Hall–Kier alpha value is -0.530. The topological polar surface area (TPSA) is 26.0 Å². The largest absolute Gasteiger partial charge is 0.330 e. The predicted molar refractivity (Wildman–Crippen MR) is 72.5 cm³/mol. The molecule has 17 heavy (non-hydrogen) atoms. The maximum atomic E-state index is 6.49. The second-order valence-corrected chi connectivity index (χ2v) is 6.02. The van der Waals surface area contributed by atoms with Crippen LogP contribution in [-0.4, -0.2) is 6.54 Å². The Morgan fingerprint density at radius 2 is 2.06 bits per heavy atom. The van der Waals surface area contributed by atoms with Crippen molar-refractivity contribution in [2.75, 3.05) is 6.54 Å². The van der Waals surface area contributed by atoms with E-state index in [-0.39, 0.29) is 0 Å². The third kappa shape index (κ3) is 1.63. The molecule has 0 heterocycles. The lowest BCUT2D eigenvalue weighted by molar-refractivity contribution is 0.244. The monoisotopic (exact) mass is 249 g/mol. The second kappa shape index (κ2) is 4.29. The van der Waals surface area contributed by atoms with Crippen LogP contribution < -0.4 is 5.73 Å². The lowest BCUT2D eigenvalue weighted by Gasteiger charge is -2.43. The fourth-order valence-corrected chi connectivity index (χ4v) is 4.53. The first-order valence-electron chi connectivity index (χ1n) is 6.76. The average Bonchev–Trinajstić information content (AvgIpc) is 2.79. The van der Waals surface area contributed by atoms with E-state index >= 15 is 0 Å². The molecule has 1 spiro atoms. The minimum Gasteiger partial charge on any atom is -0.330 e. The molecule has 2 N–H and O–H groups in total. The molecule has 0 aromatic heterocycles. The number of fused-ring (bicyclic) bond motifs is 2. The Bertz CT molecular complexity index is 421. The summed E-state index contributed by atoms with van der Waals surface area (Å²) in [6.45, 7) is 0.810. The highest BCUT2D eigenvalue weighted by Gasteiger charge is 2.46. The van der Waals surface area contributed by atoms with Crippen LogP contribution in [0.4, 0.5) is 0 Å². The van der Waals surface area contributed by atoms with Crippen molar-refractivity contribution in [2.45, 2.75) is 43.9 Å². The van der Waals surface area contributed by atoms with Gasteiger partial charge in [0.15, 0.2) is 0 Å². The SMILES string of the molecule is NCC1CCc2cccc(Cl)c2C12CCCC2. The summed E-state index contributed by atoms with van der Waals surface area (Å²) in [5.41, 5.74) is 9.25. The van der Waals surface area contributed by atoms with Crippen molar-refractivity contribution >= 4 is 11.6 Å². The maximum Gasteiger partial charge on any atom is 0.0446 e. The summed E-state index contributed by atoms with van der Waals surface area (Å²) in [6, 6.07) is 6.40. The molecule has 2 aliphatic rings. The molecule has 1 aromatic rings.